The lowest BCUT2D eigenvalue weighted by atomic mass is 10.2. The highest BCUT2D eigenvalue weighted by atomic mass is 19.1. The van der Waals surface area contributed by atoms with Crippen LogP contribution < -0.4 is 5.32 Å². The monoisotopic (exact) mass is 232 g/mol. The Morgan fingerprint density at radius 3 is 2.76 bits per heavy atom. The van der Waals surface area contributed by atoms with Crippen molar-refractivity contribution in [1.82, 2.24) is 4.98 Å². The third-order valence-corrected chi connectivity index (χ3v) is 2.39. The van der Waals surface area contributed by atoms with Gasteiger partial charge in [-0.3, -0.25) is 4.98 Å². The number of nitrogens with one attached hydrogen (secondary N) is 1. The number of hydrogen-bond acceptors (Lipinski definition) is 3. The Hall–Kier alpha value is -2.10. The number of rotatable bonds is 3. The van der Waals surface area contributed by atoms with Crippen LogP contribution in [0.3, 0.4) is 0 Å². The molecule has 0 aliphatic rings. The molecule has 0 aliphatic heterocycles. The molecule has 1 aromatic heterocycles. The van der Waals surface area contributed by atoms with Gasteiger partial charge in [-0.25, -0.2) is 4.39 Å². The minimum absolute atomic E-state index is 0.121. The zero-order chi connectivity index (χ0) is 12.3. The van der Waals surface area contributed by atoms with E-state index < -0.39 is 0 Å². The summed E-state index contributed by atoms with van der Waals surface area (Å²) in [5.41, 5.74) is 2.07. The maximum atomic E-state index is 13.5. The summed E-state index contributed by atoms with van der Waals surface area (Å²) in [5, 5.41) is 12.0. The number of hydrogen-bond donors (Lipinski definition) is 2. The minimum atomic E-state index is -0.274. The smallest absolute Gasteiger partial charge is 0.146 e. The quantitative estimate of drug-likeness (QED) is 0.855. The number of aromatic nitrogens is 1. The molecule has 0 bridgehead atoms. The summed E-state index contributed by atoms with van der Waals surface area (Å²) in [6.45, 7) is 2.26. The van der Waals surface area contributed by atoms with Crippen LogP contribution in [0.4, 0.5) is 10.1 Å². The van der Waals surface area contributed by atoms with Crippen LogP contribution in [0.15, 0.2) is 36.5 Å². The van der Waals surface area contributed by atoms with E-state index in [9.17, 15) is 4.39 Å². The number of pyridine rings is 1. The van der Waals surface area contributed by atoms with Gasteiger partial charge in [0.2, 0.25) is 0 Å². The zero-order valence-corrected chi connectivity index (χ0v) is 9.44. The zero-order valence-electron chi connectivity index (χ0n) is 9.44. The van der Waals surface area contributed by atoms with Gasteiger partial charge in [0, 0.05) is 0 Å². The highest BCUT2D eigenvalue weighted by Gasteiger charge is 2.02. The fourth-order valence-electron chi connectivity index (χ4n) is 1.47. The average molecular weight is 232 g/mol. The normalized spacial score (nSPS) is 10.2. The van der Waals surface area contributed by atoms with Crippen LogP contribution in [-0.2, 0) is 6.54 Å². The first-order chi connectivity index (χ1) is 8.15. The predicted molar refractivity (Wildman–Crippen MR) is 64.4 cm³/mol. The summed E-state index contributed by atoms with van der Waals surface area (Å²) in [4.78, 5) is 4.01. The number of nitrogens with zero attached hydrogens (tertiary/aromatic N) is 1. The van der Waals surface area contributed by atoms with Gasteiger partial charge in [0.25, 0.3) is 0 Å². The molecule has 0 fully saturated rings. The minimum Gasteiger partial charge on any atom is -0.506 e. The predicted octanol–water partition coefficient (Wildman–Crippen LogP) is 2.85. The highest BCUT2D eigenvalue weighted by Crippen LogP contribution is 2.16. The van der Waals surface area contributed by atoms with E-state index in [4.69, 9.17) is 5.11 Å². The molecule has 88 valence electrons. The van der Waals surface area contributed by atoms with Crippen molar-refractivity contribution in [2.24, 2.45) is 0 Å². The van der Waals surface area contributed by atoms with Crippen LogP contribution in [0.1, 0.15) is 11.3 Å². The molecule has 0 unspecified atom stereocenters. The maximum Gasteiger partial charge on any atom is 0.146 e. The Bertz CT molecular complexity index is 511. The van der Waals surface area contributed by atoms with Crippen molar-refractivity contribution >= 4 is 5.69 Å². The number of aromatic hydroxyl groups is 1. The fourth-order valence-corrected chi connectivity index (χ4v) is 1.47. The van der Waals surface area contributed by atoms with Crippen molar-refractivity contribution in [2.45, 2.75) is 13.5 Å². The first kappa shape index (κ1) is 11.4. The first-order valence-corrected chi connectivity index (χ1v) is 5.29. The molecule has 1 heterocycles. The van der Waals surface area contributed by atoms with Crippen LogP contribution >= 0.6 is 0 Å². The van der Waals surface area contributed by atoms with Gasteiger partial charge in [0.15, 0.2) is 0 Å². The third kappa shape index (κ3) is 2.93. The van der Waals surface area contributed by atoms with Gasteiger partial charge in [-0.15, -0.1) is 0 Å². The number of halogens is 1. The molecule has 4 heteroatoms. The van der Waals surface area contributed by atoms with Crippen molar-refractivity contribution < 1.29 is 9.50 Å². The van der Waals surface area contributed by atoms with Gasteiger partial charge >= 0.3 is 0 Å². The second-order valence-electron chi connectivity index (χ2n) is 3.84. The fraction of sp³-hybridized carbons (Fsp3) is 0.154. The molecule has 3 nitrogen and oxygen atoms in total. The molecule has 0 aliphatic carbocycles. The van der Waals surface area contributed by atoms with E-state index in [2.05, 4.69) is 10.3 Å². The Morgan fingerprint density at radius 2 is 2.12 bits per heavy atom. The molecule has 0 saturated carbocycles. The van der Waals surface area contributed by atoms with Crippen LogP contribution in [0.2, 0.25) is 0 Å². The van der Waals surface area contributed by atoms with Crippen molar-refractivity contribution in [3.05, 3.63) is 53.6 Å². The van der Waals surface area contributed by atoms with Crippen LogP contribution in [-0.4, -0.2) is 10.1 Å². The van der Waals surface area contributed by atoms with E-state index in [-0.39, 0.29) is 11.6 Å². The standard InChI is InChI=1S/C13H13FN2O/c1-9-2-5-13(12(14)6-9)16-7-10-3-4-11(17)8-15-10/h2-6,8,16-17H,7H2,1H3. The lowest BCUT2D eigenvalue weighted by molar-refractivity contribution is 0.472. The lowest BCUT2D eigenvalue weighted by Gasteiger charge is -2.07. The average Bonchev–Trinajstić information content (AvgIpc) is 2.30. The lowest BCUT2D eigenvalue weighted by Crippen LogP contribution is -2.03. The number of anilines is 1. The van der Waals surface area contributed by atoms with E-state index in [1.807, 2.05) is 13.0 Å². The Labute approximate surface area is 98.9 Å². The van der Waals surface area contributed by atoms with Gasteiger partial charge < -0.3 is 10.4 Å². The van der Waals surface area contributed by atoms with Gasteiger partial charge in [0.1, 0.15) is 11.6 Å². The van der Waals surface area contributed by atoms with E-state index in [0.717, 1.165) is 11.3 Å². The van der Waals surface area contributed by atoms with E-state index >= 15 is 0 Å². The number of aryl methyl sites for hydroxylation is 1. The van der Waals surface area contributed by atoms with Gasteiger partial charge in [-0.1, -0.05) is 6.07 Å². The van der Waals surface area contributed by atoms with Crippen molar-refractivity contribution in [3.8, 4) is 5.75 Å². The summed E-state index contributed by atoms with van der Waals surface area (Å²) < 4.78 is 13.5. The molecule has 2 aromatic rings. The SMILES string of the molecule is Cc1ccc(NCc2ccc(O)cn2)c(F)c1. The largest absolute Gasteiger partial charge is 0.506 e. The molecule has 2 N–H and O–H groups in total. The van der Waals surface area contributed by atoms with E-state index in [1.54, 1.807) is 18.2 Å². The van der Waals surface area contributed by atoms with Crippen molar-refractivity contribution in [2.75, 3.05) is 5.32 Å². The molecule has 0 amide bonds. The summed E-state index contributed by atoms with van der Waals surface area (Å²) in [6.07, 6.45) is 1.36. The molecule has 0 atom stereocenters. The second kappa shape index (κ2) is 4.82. The Morgan fingerprint density at radius 1 is 1.29 bits per heavy atom. The molecule has 0 spiro atoms. The second-order valence-corrected chi connectivity index (χ2v) is 3.84. The summed E-state index contributed by atoms with van der Waals surface area (Å²) in [7, 11) is 0. The molecular formula is C13H13FN2O. The first-order valence-electron chi connectivity index (χ1n) is 5.29. The molecule has 0 saturated heterocycles. The third-order valence-electron chi connectivity index (χ3n) is 2.39. The van der Waals surface area contributed by atoms with Gasteiger partial charge in [0.05, 0.1) is 24.1 Å². The van der Waals surface area contributed by atoms with E-state index in [0.29, 0.717) is 12.2 Å². The Balaban J connectivity index is 2.04. The maximum absolute atomic E-state index is 13.5. The van der Waals surface area contributed by atoms with Crippen molar-refractivity contribution in [3.63, 3.8) is 0 Å². The molecule has 17 heavy (non-hydrogen) atoms. The number of benzene rings is 1. The topological polar surface area (TPSA) is 45.1 Å². The van der Waals surface area contributed by atoms with Crippen LogP contribution in [0.5, 0.6) is 5.75 Å². The van der Waals surface area contributed by atoms with Crippen LogP contribution in [0.25, 0.3) is 0 Å². The van der Waals surface area contributed by atoms with Crippen LogP contribution in [0, 0.1) is 12.7 Å². The van der Waals surface area contributed by atoms with E-state index in [1.165, 1.54) is 12.3 Å². The molecular weight excluding hydrogens is 219 g/mol. The molecule has 1 aromatic carbocycles. The summed E-state index contributed by atoms with van der Waals surface area (Å²) in [6, 6.07) is 8.26. The van der Waals surface area contributed by atoms with Crippen molar-refractivity contribution in [1.29, 1.82) is 0 Å². The Kier molecular flexibility index (Phi) is 3.23. The van der Waals surface area contributed by atoms with Gasteiger partial charge in [-0.05, 0) is 36.8 Å². The van der Waals surface area contributed by atoms with Gasteiger partial charge in [-0.2, -0.15) is 0 Å². The highest BCUT2D eigenvalue weighted by molar-refractivity contribution is 5.46. The summed E-state index contributed by atoms with van der Waals surface area (Å²) in [5.74, 6) is -0.154. The molecule has 0 radical (unpaired) electrons. The summed E-state index contributed by atoms with van der Waals surface area (Å²) >= 11 is 0. The molecule has 2 rings (SSSR count).